The molecule has 9 nitrogen and oxygen atoms in total. The number of carbonyl (C=O) groups excluding carboxylic acids is 1. The molecule has 1 aromatic heterocycles. The van der Waals surface area contributed by atoms with Crippen LogP contribution in [0.15, 0.2) is 16.5 Å². The molecule has 2 heterocycles. The summed E-state index contributed by atoms with van der Waals surface area (Å²) in [6.45, 7) is 4.81. The first kappa shape index (κ1) is 30.2. The largest absolute Gasteiger partial charge is 0.490 e. The molecule has 0 bridgehead atoms. The Labute approximate surface area is 184 Å². The monoisotopic (exact) mass is 493 g/mol. The van der Waals surface area contributed by atoms with E-state index in [0.717, 1.165) is 31.0 Å². The molecule has 0 aromatic carbocycles. The smallest absolute Gasteiger partial charge is 0.475 e. The quantitative estimate of drug-likeness (QED) is 0.533. The van der Waals surface area contributed by atoms with Crippen molar-refractivity contribution in [3.05, 3.63) is 23.7 Å². The van der Waals surface area contributed by atoms with Gasteiger partial charge in [-0.3, -0.25) is 9.69 Å². The van der Waals surface area contributed by atoms with Gasteiger partial charge in [0, 0.05) is 19.1 Å². The molecule has 1 aliphatic rings. The molecule has 190 valence electrons. The van der Waals surface area contributed by atoms with Gasteiger partial charge in [0.05, 0.1) is 13.1 Å². The Morgan fingerprint density at radius 1 is 1.09 bits per heavy atom. The topological polar surface area (TPSA) is 123 Å². The fourth-order valence-electron chi connectivity index (χ4n) is 2.40. The summed E-state index contributed by atoms with van der Waals surface area (Å²) in [5.41, 5.74) is 0. The van der Waals surface area contributed by atoms with Crippen molar-refractivity contribution in [1.82, 2.24) is 15.1 Å². The zero-order valence-electron chi connectivity index (χ0n) is 18.0. The lowest BCUT2D eigenvalue weighted by atomic mass is 10.2. The molecule has 2 rings (SSSR count). The van der Waals surface area contributed by atoms with Crippen molar-refractivity contribution in [3.63, 3.8) is 0 Å². The van der Waals surface area contributed by atoms with Gasteiger partial charge in [0.2, 0.25) is 5.91 Å². The first-order valence-corrected chi connectivity index (χ1v) is 9.24. The SMILES string of the molecule is Cc1ccc(CNC(=O)CN2CCC(N(C)C)C2)o1.O=C(O)C(F)(F)F.O=C(O)C(F)(F)F. The summed E-state index contributed by atoms with van der Waals surface area (Å²) < 4.78 is 68.9. The maximum Gasteiger partial charge on any atom is 0.490 e. The Morgan fingerprint density at radius 2 is 1.58 bits per heavy atom. The molecule has 1 fully saturated rings. The average Bonchev–Trinajstić information content (AvgIpc) is 3.28. The molecule has 1 saturated heterocycles. The van der Waals surface area contributed by atoms with E-state index in [0.29, 0.717) is 19.1 Å². The molecular formula is C18H25F6N3O6. The van der Waals surface area contributed by atoms with Crippen LogP contribution in [0.3, 0.4) is 0 Å². The van der Waals surface area contributed by atoms with Crippen LogP contribution in [0, 0.1) is 6.92 Å². The van der Waals surface area contributed by atoms with Crippen LogP contribution >= 0.6 is 0 Å². The van der Waals surface area contributed by atoms with E-state index in [-0.39, 0.29) is 5.91 Å². The second-order valence-electron chi connectivity index (χ2n) is 7.04. The zero-order valence-corrected chi connectivity index (χ0v) is 18.0. The molecule has 0 saturated carbocycles. The van der Waals surface area contributed by atoms with Crippen LogP contribution in [-0.2, 0) is 20.9 Å². The van der Waals surface area contributed by atoms with Crippen LogP contribution in [0.4, 0.5) is 26.3 Å². The number of nitrogens with one attached hydrogen (secondary N) is 1. The van der Waals surface area contributed by atoms with E-state index in [9.17, 15) is 31.1 Å². The van der Waals surface area contributed by atoms with Gasteiger partial charge in [-0.1, -0.05) is 0 Å². The fourth-order valence-corrected chi connectivity index (χ4v) is 2.40. The number of aliphatic carboxylic acids is 2. The number of rotatable bonds is 5. The van der Waals surface area contributed by atoms with Crippen molar-refractivity contribution in [3.8, 4) is 0 Å². The summed E-state index contributed by atoms with van der Waals surface area (Å²) in [7, 11) is 4.18. The van der Waals surface area contributed by atoms with Crippen LogP contribution < -0.4 is 5.32 Å². The van der Waals surface area contributed by atoms with E-state index < -0.39 is 24.3 Å². The molecule has 1 aromatic rings. The van der Waals surface area contributed by atoms with Crippen molar-refractivity contribution in [1.29, 1.82) is 0 Å². The highest BCUT2D eigenvalue weighted by Crippen LogP contribution is 2.14. The molecule has 0 spiro atoms. The Morgan fingerprint density at radius 3 is 1.91 bits per heavy atom. The molecule has 0 radical (unpaired) electrons. The molecule has 0 aliphatic carbocycles. The fraction of sp³-hybridized carbons (Fsp3) is 0.611. The number of hydrogen-bond acceptors (Lipinski definition) is 6. The molecular weight excluding hydrogens is 468 g/mol. The van der Waals surface area contributed by atoms with Gasteiger partial charge in [-0.05, 0) is 39.6 Å². The van der Waals surface area contributed by atoms with E-state index in [4.69, 9.17) is 24.2 Å². The van der Waals surface area contributed by atoms with Gasteiger partial charge >= 0.3 is 24.3 Å². The zero-order chi connectivity index (χ0) is 26.0. The van der Waals surface area contributed by atoms with Crippen LogP contribution in [0.2, 0.25) is 0 Å². The highest BCUT2D eigenvalue weighted by molar-refractivity contribution is 5.78. The summed E-state index contributed by atoms with van der Waals surface area (Å²) in [5.74, 6) is -3.77. The maximum atomic E-state index is 11.8. The van der Waals surface area contributed by atoms with Crippen LogP contribution in [0.5, 0.6) is 0 Å². The number of likely N-dealkylation sites (tertiary alicyclic amines) is 1. The van der Waals surface area contributed by atoms with E-state index in [1.54, 1.807) is 0 Å². The Bertz CT molecular complexity index is 754. The molecule has 1 aliphatic heterocycles. The predicted molar refractivity (Wildman–Crippen MR) is 101 cm³/mol. The first-order chi connectivity index (χ1) is 14.9. The highest BCUT2D eigenvalue weighted by atomic mass is 19.4. The summed E-state index contributed by atoms with van der Waals surface area (Å²) in [4.78, 5) is 34.1. The van der Waals surface area contributed by atoms with Gasteiger partial charge in [-0.15, -0.1) is 0 Å². The Balaban J connectivity index is 0.000000605. The number of amides is 1. The number of carbonyl (C=O) groups is 3. The van der Waals surface area contributed by atoms with Crippen molar-refractivity contribution < 1.29 is 55.4 Å². The number of halogens is 6. The van der Waals surface area contributed by atoms with Crippen LogP contribution in [-0.4, -0.2) is 90.0 Å². The minimum absolute atomic E-state index is 0.0634. The number of carboxylic acid groups (broad SMARTS) is 2. The molecule has 1 amide bonds. The summed E-state index contributed by atoms with van der Waals surface area (Å²) >= 11 is 0. The number of likely N-dealkylation sites (N-methyl/N-ethyl adjacent to an activating group) is 1. The third kappa shape index (κ3) is 13.4. The van der Waals surface area contributed by atoms with Gasteiger partial charge in [0.25, 0.3) is 0 Å². The minimum Gasteiger partial charge on any atom is -0.475 e. The summed E-state index contributed by atoms with van der Waals surface area (Å²) in [5, 5.41) is 17.1. The van der Waals surface area contributed by atoms with Crippen molar-refractivity contribution >= 4 is 17.8 Å². The second-order valence-corrected chi connectivity index (χ2v) is 7.04. The summed E-state index contributed by atoms with van der Waals surface area (Å²) in [6, 6.07) is 4.37. The number of aryl methyl sites for hydroxylation is 1. The number of carboxylic acids is 2. The minimum atomic E-state index is -5.08. The lowest BCUT2D eigenvalue weighted by Gasteiger charge is -2.19. The van der Waals surface area contributed by atoms with Gasteiger partial charge < -0.3 is 24.8 Å². The molecule has 3 N–H and O–H groups in total. The van der Waals surface area contributed by atoms with Crippen molar-refractivity contribution in [2.75, 3.05) is 33.7 Å². The number of hydrogen-bond donors (Lipinski definition) is 3. The molecule has 1 atom stereocenters. The predicted octanol–water partition coefficient (Wildman–Crippen LogP) is 2.11. The standard InChI is InChI=1S/C14H23N3O2.2C2HF3O2/c1-11-4-5-13(19-11)8-15-14(18)10-17-7-6-12(9-17)16(2)3;2*3-2(4,5)1(6)7/h4-5,12H,6-10H2,1-3H3,(H,15,18);2*(H,6,7). The van der Waals surface area contributed by atoms with Gasteiger partial charge in [-0.25, -0.2) is 9.59 Å². The van der Waals surface area contributed by atoms with Gasteiger partial charge in [-0.2, -0.15) is 26.3 Å². The molecule has 1 unspecified atom stereocenters. The molecule has 15 heteroatoms. The number of nitrogens with zero attached hydrogens (tertiary/aromatic N) is 2. The highest BCUT2D eigenvalue weighted by Gasteiger charge is 2.38. The third-order valence-electron chi connectivity index (χ3n) is 4.09. The van der Waals surface area contributed by atoms with E-state index in [2.05, 4.69) is 29.2 Å². The maximum absolute atomic E-state index is 11.8. The third-order valence-corrected chi connectivity index (χ3v) is 4.09. The van der Waals surface area contributed by atoms with Gasteiger partial charge in [0.15, 0.2) is 0 Å². The van der Waals surface area contributed by atoms with E-state index >= 15 is 0 Å². The van der Waals surface area contributed by atoms with E-state index in [1.165, 1.54) is 0 Å². The molecule has 33 heavy (non-hydrogen) atoms. The lowest BCUT2D eigenvalue weighted by molar-refractivity contribution is -0.193. The number of furan rings is 1. The second kappa shape index (κ2) is 13.0. The first-order valence-electron chi connectivity index (χ1n) is 9.24. The average molecular weight is 493 g/mol. The number of alkyl halides is 6. The van der Waals surface area contributed by atoms with E-state index in [1.807, 2.05) is 19.1 Å². The Kier molecular flexibility index (Phi) is 11.9. The normalized spacial score (nSPS) is 16.4. The van der Waals surface area contributed by atoms with Crippen molar-refractivity contribution in [2.24, 2.45) is 0 Å². The van der Waals surface area contributed by atoms with Crippen LogP contribution in [0.1, 0.15) is 17.9 Å². The van der Waals surface area contributed by atoms with Gasteiger partial charge in [0.1, 0.15) is 11.5 Å². The Hall–Kier alpha value is -2.81. The summed E-state index contributed by atoms with van der Waals surface area (Å²) in [6.07, 6.45) is -9.03. The lowest BCUT2D eigenvalue weighted by Crippen LogP contribution is -2.38. The van der Waals surface area contributed by atoms with Crippen LogP contribution in [0.25, 0.3) is 0 Å². The van der Waals surface area contributed by atoms with Crippen molar-refractivity contribution in [2.45, 2.75) is 38.3 Å².